The van der Waals surface area contributed by atoms with Crippen LogP contribution in [0.2, 0.25) is 0 Å². The smallest absolute Gasteiger partial charge is 0.348 e. The van der Waals surface area contributed by atoms with Crippen molar-refractivity contribution in [1.29, 1.82) is 0 Å². The normalized spacial score (nSPS) is 21.0. The van der Waals surface area contributed by atoms with Gasteiger partial charge in [-0.25, -0.2) is 14.3 Å². The number of aromatic nitrogens is 2. The summed E-state index contributed by atoms with van der Waals surface area (Å²) in [4.78, 5) is 10.9. The molecular formula is C13H20N6O3S. The quantitative estimate of drug-likeness (QED) is 0.766. The lowest BCUT2D eigenvalue weighted by Crippen LogP contribution is -2.45. The molecule has 0 saturated carbocycles. The van der Waals surface area contributed by atoms with Gasteiger partial charge in [-0.1, -0.05) is 0 Å². The SMILES string of the molecule is Cc1nc2c(nc1C)N(CCN1CCOCC1)S(=O)(=O)N=C2N. The van der Waals surface area contributed by atoms with Gasteiger partial charge in [0.25, 0.3) is 0 Å². The van der Waals surface area contributed by atoms with Crippen LogP contribution in [-0.4, -0.2) is 68.5 Å². The summed E-state index contributed by atoms with van der Waals surface area (Å²) >= 11 is 0. The highest BCUT2D eigenvalue weighted by Gasteiger charge is 2.33. The van der Waals surface area contributed by atoms with Gasteiger partial charge in [-0.15, -0.1) is 4.40 Å². The first-order chi connectivity index (χ1) is 10.9. The Bertz CT molecular complexity index is 742. The zero-order chi connectivity index (χ0) is 16.6. The molecule has 126 valence electrons. The minimum atomic E-state index is -3.88. The first-order valence-corrected chi connectivity index (χ1v) is 8.82. The van der Waals surface area contributed by atoms with Crippen LogP contribution in [0.5, 0.6) is 0 Å². The molecule has 2 aliphatic heterocycles. The number of anilines is 1. The number of amidine groups is 1. The molecular weight excluding hydrogens is 320 g/mol. The number of nitrogens with two attached hydrogens (primary N) is 1. The second-order valence-corrected chi connectivity index (χ2v) is 7.07. The number of morpholine rings is 1. The Morgan fingerprint density at radius 2 is 1.78 bits per heavy atom. The number of nitrogens with zero attached hydrogens (tertiary/aromatic N) is 5. The van der Waals surface area contributed by atoms with Crippen molar-refractivity contribution >= 4 is 21.9 Å². The zero-order valence-corrected chi connectivity index (χ0v) is 14.0. The van der Waals surface area contributed by atoms with E-state index in [2.05, 4.69) is 19.3 Å². The molecule has 23 heavy (non-hydrogen) atoms. The predicted molar refractivity (Wildman–Crippen MR) is 85.8 cm³/mol. The van der Waals surface area contributed by atoms with Gasteiger partial charge in [0.1, 0.15) is 5.69 Å². The van der Waals surface area contributed by atoms with E-state index in [1.54, 1.807) is 13.8 Å². The van der Waals surface area contributed by atoms with Gasteiger partial charge < -0.3 is 10.5 Å². The molecule has 9 nitrogen and oxygen atoms in total. The van der Waals surface area contributed by atoms with Crippen molar-refractivity contribution in [3.05, 3.63) is 17.1 Å². The summed E-state index contributed by atoms with van der Waals surface area (Å²) in [6.45, 7) is 7.30. The van der Waals surface area contributed by atoms with Crippen LogP contribution in [-0.2, 0) is 14.9 Å². The third-order valence-corrected chi connectivity index (χ3v) is 5.32. The van der Waals surface area contributed by atoms with Gasteiger partial charge in [0, 0.05) is 19.6 Å². The molecule has 0 amide bonds. The van der Waals surface area contributed by atoms with Crippen molar-refractivity contribution in [3.8, 4) is 0 Å². The standard InChI is InChI=1S/C13H20N6O3S/c1-9-10(2)16-13-11(15-9)12(14)17-23(20,21)19(13)4-3-18-5-7-22-8-6-18/h3-8H2,1-2H3,(H2,14,17). The maximum atomic E-state index is 12.4. The van der Waals surface area contributed by atoms with E-state index in [0.717, 1.165) is 13.1 Å². The highest BCUT2D eigenvalue weighted by molar-refractivity contribution is 7.91. The summed E-state index contributed by atoms with van der Waals surface area (Å²) in [5.74, 6) is 0.145. The zero-order valence-electron chi connectivity index (χ0n) is 13.2. The molecule has 3 rings (SSSR count). The van der Waals surface area contributed by atoms with Gasteiger partial charge in [0.2, 0.25) is 0 Å². The number of aryl methyl sites for hydroxylation is 2. The highest BCUT2D eigenvalue weighted by atomic mass is 32.2. The molecule has 2 aliphatic rings. The summed E-state index contributed by atoms with van der Waals surface area (Å²) in [6, 6.07) is 0. The Balaban J connectivity index is 1.91. The highest BCUT2D eigenvalue weighted by Crippen LogP contribution is 2.26. The molecule has 3 heterocycles. The Labute approximate surface area is 135 Å². The lowest BCUT2D eigenvalue weighted by Gasteiger charge is -2.31. The van der Waals surface area contributed by atoms with Crippen molar-refractivity contribution in [2.75, 3.05) is 43.7 Å². The first kappa shape index (κ1) is 16.1. The first-order valence-electron chi connectivity index (χ1n) is 7.42. The van der Waals surface area contributed by atoms with E-state index >= 15 is 0 Å². The minimum absolute atomic E-state index is 0.113. The van der Waals surface area contributed by atoms with E-state index in [4.69, 9.17) is 10.5 Å². The van der Waals surface area contributed by atoms with Gasteiger partial charge in [0.05, 0.1) is 31.1 Å². The summed E-state index contributed by atoms with van der Waals surface area (Å²) in [5.41, 5.74) is 7.46. The van der Waals surface area contributed by atoms with Crippen molar-refractivity contribution in [2.24, 2.45) is 10.1 Å². The second kappa shape index (κ2) is 6.02. The molecule has 1 aromatic rings. The van der Waals surface area contributed by atoms with E-state index in [0.29, 0.717) is 36.8 Å². The molecule has 1 aromatic heterocycles. The lowest BCUT2D eigenvalue weighted by atomic mass is 10.3. The largest absolute Gasteiger partial charge is 0.381 e. The molecule has 0 aromatic carbocycles. The third-order valence-electron chi connectivity index (χ3n) is 3.98. The number of ether oxygens (including phenoxy) is 1. The van der Waals surface area contributed by atoms with E-state index in [1.165, 1.54) is 4.31 Å². The number of hydrogen-bond acceptors (Lipinski definition) is 7. The molecule has 1 fully saturated rings. The monoisotopic (exact) mass is 340 g/mol. The summed E-state index contributed by atoms with van der Waals surface area (Å²) in [5, 5.41) is 0. The fourth-order valence-electron chi connectivity index (χ4n) is 2.54. The van der Waals surface area contributed by atoms with Crippen LogP contribution in [0, 0.1) is 13.8 Å². The summed E-state index contributed by atoms with van der Waals surface area (Å²) in [6.07, 6.45) is 0. The Morgan fingerprint density at radius 3 is 2.48 bits per heavy atom. The molecule has 2 N–H and O–H groups in total. The van der Waals surface area contributed by atoms with Crippen molar-refractivity contribution in [1.82, 2.24) is 14.9 Å². The summed E-state index contributed by atoms with van der Waals surface area (Å²) in [7, 11) is -3.88. The molecule has 0 bridgehead atoms. The van der Waals surface area contributed by atoms with Gasteiger partial charge >= 0.3 is 10.2 Å². The van der Waals surface area contributed by atoms with E-state index < -0.39 is 10.2 Å². The van der Waals surface area contributed by atoms with Gasteiger partial charge in [-0.3, -0.25) is 4.90 Å². The molecule has 0 atom stereocenters. The topological polar surface area (TPSA) is 114 Å². The fourth-order valence-corrected chi connectivity index (χ4v) is 3.63. The van der Waals surface area contributed by atoms with Crippen LogP contribution < -0.4 is 10.0 Å². The van der Waals surface area contributed by atoms with Crippen molar-refractivity contribution in [2.45, 2.75) is 13.8 Å². The Hall–Kier alpha value is -1.78. The maximum absolute atomic E-state index is 12.4. The molecule has 1 saturated heterocycles. The van der Waals surface area contributed by atoms with Crippen molar-refractivity contribution < 1.29 is 13.2 Å². The van der Waals surface area contributed by atoms with E-state index in [9.17, 15) is 8.42 Å². The second-order valence-electron chi connectivity index (χ2n) is 5.55. The lowest BCUT2D eigenvalue weighted by molar-refractivity contribution is 0.0395. The molecule has 0 radical (unpaired) electrons. The number of rotatable bonds is 3. The van der Waals surface area contributed by atoms with Crippen LogP contribution in [0.4, 0.5) is 5.82 Å². The third kappa shape index (κ3) is 3.14. The van der Waals surface area contributed by atoms with Gasteiger partial charge in [0.15, 0.2) is 11.7 Å². The molecule has 10 heteroatoms. The van der Waals surface area contributed by atoms with Gasteiger partial charge in [-0.2, -0.15) is 8.42 Å². The Morgan fingerprint density at radius 1 is 1.13 bits per heavy atom. The number of fused-ring (bicyclic) bond motifs is 1. The average molecular weight is 340 g/mol. The summed E-state index contributed by atoms with van der Waals surface area (Å²) < 4.78 is 34.8. The number of hydrogen-bond donors (Lipinski definition) is 1. The van der Waals surface area contributed by atoms with Crippen LogP contribution in [0.15, 0.2) is 4.40 Å². The van der Waals surface area contributed by atoms with Crippen LogP contribution in [0.3, 0.4) is 0 Å². The molecule has 0 aliphatic carbocycles. The van der Waals surface area contributed by atoms with E-state index in [1.807, 2.05) is 0 Å². The predicted octanol–water partition coefficient (Wildman–Crippen LogP) is -0.804. The van der Waals surface area contributed by atoms with E-state index in [-0.39, 0.29) is 18.2 Å². The minimum Gasteiger partial charge on any atom is -0.381 e. The Kier molecular flexibility index (Phi) is 4.21. The van der Waals surface area contributed by atoms with Crippen LogP contribution in [0.25, 0.3) is 0 Å². The van der Waals surface area contributed by atoms with Gasteiger partial charge in [-0.05, 0) is 13.8 Å². The fraction of sp³-hybridized carbons (Fsp3) is 0.615. The average Bonchev–Trinajstić information content (AvgIpc) is 2.49. The maximum Gasteiger partial charge on any atom is 0.348 e. The molecule has 0 spiro atoms. The van der Waals surface area contributed by atoms with Crippen LogP contribution in [0.1, 0.15) is 17.1 Å². The van der Waals surface area contributed by atoms with Crippen molar-refractivity contribution in [3.63, 3.8) is 0 Å². The van der Waals surface area contributed by atoms with Crippen LogP contribution >= 0.6 is 0 Å². The molecule has 0 unspecified atom stereocenters.